The number of nitrogens with zero attached hydrogens (tertiary/aromatic N) is 2. The van der Waals surface area contributed by atoms with Crippen molar-refractivity contribution in [1.29, 1.82) is 0 Å². The Labute approximate surface area is 132 Å². The van der Waals surface area contributed by atoms with E-state index in [0.29, 0.717) is 13.1 Å². The summed E-state index contributed by atoms with van der Waals surface area (Å²) in [4.78, 5) is 27.8. The molecule has 1 aliphatic heterocycles. The third kappa shape index (κ3) is 3.69. The fourth-order valence-electron chi connectivity index (χ4n) is 2.44. The highest BCUT2D eigenvalue weighted by atomic mass is 16.2. The van der Waals surface area contributed by atoms with E-state index >= 15 is 0 Å². The number of nitrogens with one attached hydrogen (secondary N) is 2. The van der Waals surface area contributed by atoms with Crippen molar-refractivity contribution in [2.75, 3.05) is 37.0 Å². The van der Waals surface area contributed by atoms with Crippen LogP contribution in [0.4, 0.5) is 16.2 Å². The Bertz CT molecular complexity index is 519. The van der Waals surface area contributed by atoms with Crippen molar-refractivity contribution in [2.24, 2.45) is 0 Å². The van der Waals surface area contributed by atoms with Crippen LogP contribution in [0, 0.1) is 0 Å². The summed E-state index contributed by atoms with van der Waals surface area (Å²) in [5.74, 6) is -0.0899. The van der Waals surface area contributed by atoms with Crippen LogP contribution in [0.3, 0.4) is 0 Å². The highest BCUT2D eigenvalue weighted by Crippen LogP contribution is 2.31. The van der Waals surface area contributed by atoms with Gasteiger partial charge in [0.15, 0.2) is 0 Å². The molecule has 0 aromatic heterocycles. The summed E-state index contributed by atoms with van der Waals surface area (Å²) < 4.78 is 0. The largest absolute Gasteiger partial charge is 0.370 e. The average Bonchev–Trinajstić information content (AvgIpc) is 2.65. The van der Waals surface area contributed by atoms with Gasteiger partial charge in [-0.25, -0.2) is 4.79 Å². The molecule has 1 unspecified atom stereocenters. The van der Waals surface area contributed by atoms with Crippen LogP contribution in [0.2, 0.25) is 0 Å². The van der Waals surface area contributed by atoms with Gasteiger partial charge in [0.2, 0.25) is 0 Å². The third-order valence-corrected chi connectivity index (χ3v) is 3.45. The van der Waals surface area contributed by atoms with Crippen LogP contribution < -0.4 is 20.4 Å². The van der Waals surface area contributed by atoms with E-state index in [1.807, 2.05) is 57.0 Å². The monoisotopic (exact) mass is 306 g/mol. The van der Waals surface area contributed by atoms with Gasteiger partial charge in [-0.2, -0.15) is 0 Å². The van der Waals surface area contributed by atoms with Crippen LogP contribution in [0.1, 0.15) is 20.8 Å². The van der Waals surface area contributed by atoms with Crippen LogP contribution in [0.5, 0.6) is 0 Å². The zero-order chi connectivity index (χ0) is 16.7. The normalized spacial score (nSPS) is 17.0. The van der Waals surface area contributed by atoms with Crippen molar-refractivity contribution < 1.29 is 9.59 Å². The van der Waals surface area contributed by atoms with Gasteiger partial charge in [0, 0.05) is 27.2 Å². The molecule has 1 aromatic rings. The summed E-state index contributed by atoms with van der Waals surface area (Å²) >= 11 is 0. The standard InChI is InChI=1S/C14H20N4O2.C2H6/c1-4-18-12-8-6-5-7-11(12)17(3)9-10(13(18)19)16-14(20)15-2;1-2/h5-8,10H,4,9H2,1-3H3,(H2,15,16,20);1-2H3. The number of urea groups is 1. The average molecular weight is 306 g/mol. The van der Waals surface area contributed by atoms with E-state index in [2.05, 4.69) is 10.6 Å². The number of para-hydroxylation sites is 2. The minimum absolute atomic E-state index is 0.0899. The lowest BCUT2D eigenvalue weighted by Gasteiger charge is -2.23. The molecule has 0 bridgehead atoms. The number of anilines is 2. The van der Waals surface area contributed by atoms with Crippen LogP contribution in [0.25, 0.3) is 0 Å². The summed E-state index contributed by atoms with van der Waals surface area (Å²) in [5.41, 5.74) is 1.87. The van der Waals surface area contributed by atoms with Gasteiger partial charge < -0.3 is 20.4 Å². The molecular weight excluding hydrogens is 280 g/mol. The number of rotatable bonds is 2. The Kier molecular flexibility index (Phi) is 6.69. The second kappa shape index (κ2) is 8.26. The molecule has 122 valence electrons. The van der Waals surface area contributed by atoms with Gasteiger partial charge >= 0.3 is 6.03 Å². The van der Waals surface area contributed by atoms with E-state index in [9.17, 15) is 9.59 Å². The first kappa shape index (κ1) is 17.8. The van der Waals surface area contributed by atoms with Gasteiger partial charge in [-0.05, 0) is 19.1 Å². The van der Waals surface area contributed by atoms with Gasteiger partial charge in [0.1, 0.15) is 6.04 Å². The molecule has 0 radical (unpaired) electrons. The molecule has 6 nitrogen and oxygen atoms in total. The number of likely N-dealkylation sites (N-methyl/N-ethyl adjacent to an activating group) is 2. The summed E-state index contributed by atoms with van der Waals surface area (Å²) in [5, 5.41) is 5.19. The summed E-state index contributed by atoms with van der Waals surface area (Å²) in [7, 11) is 3.45. The molecule has 1 heterocycles. The molecule has 1 aliphatic rings. The van der Waals surface area contributed by atoms with E-state index in [0.717, 1.165) is 11.4 Å². The molecule has 0 saturated carbocycles. The Morgan fingerprint density at radius 2 is 1.86 bits per heavy atom. The smallest absolute Gasteiger partial charge is 0.315 e. The van der Waals surface area contributed by atoms with Crippen molar-refractivity contribution in [2.45, 2.75) is 26.8 Å². The highest BCUT2D eigenvalue weighted by molar-refractivity contribution is 6.03. The van der Waals surface area contributed by atoms with Crippen molar-refractivity contribution in [3.8, 4) is 0 Å². The molecule has 1 aromatic carbocycles. The molecule has 0 fully saturated rings. The number of carbonyl (C=O) groups excluding carboxylic acids is 2. The zero-order valence-electron chi connectivity index (χ0n) is 14.0. The van der Waals surface area contributed by atoms with Crippen molar-refractivity contribution in [3.05, 3.63) is 24.3 Å². The molecule has 2 N–H and O–H groups in total. The zero-order valence-corrected chi connectivity index (χ0v) is 14.0. The van der Waals surface area contributed by atoms with Gasteiger partial charge in [-0.3, -0.25) is 4.79 Å². The fourth-order valence-corrected chi connectivity index (χ4v) is 2.44. The Morgan fingerprint density at radius 3 is 2.41 bits per heavy atom. The molecule has 0 aliphatic carbocycles. The number of benzene rings is 1. The molecule has 0 saturated heterocycles. The maximum absolute atomic E-state index is 12.6. The van der Waals surface area contributed by atoms with Gasteiger partial charge in [-0.1, -0.05) is 26.0 Å². The Morgan fingerprint density at radius 1 is 1.27 bits per heavy atom. The Hall–Kier alpha value is -2.24. The van der Waals surface area contributed by atoms with Crippen LogP contribution in [-0.2, 0) is 4.79 Å². The lowest BCUT2D eigenvalue weighted by atomic mass is 10.2. The number of hydrogen-bond acceptors (Lipinski definition) is 3. The summed E-state index contributed by atoms with van der Waals surface area (Å²) in [6.07, 6.45) is 0. The van der Waals surface area contributed by atoms with E-state index in [4.69, 9.17) is 0 Å². The number of carbonyl (C=O) groups is 2. The number of amides is 3. The van der Waals surface area contributed by atoms with E-state index in [1.165, 1.54) is 7.05 Å². The van der Waals surface area contributed by atoms with E-state index in [-0.39, 0.29) is 11.9 Å². The SMILES string of the molecule is CC.CCN1C(=O)C(NC(=O)NC)CN(C)c2ccccc21. The first-order chi connectivity index (χ1) is 10.6. The number of hydrogen-bond donors (Lipinski definition) is 2. The summed E-state index contributed by atoms with van der Waals surface area (Å²) in [6.45, 7) is 6.94. The predicted octanol–water partition coefficient (Wildman–Crippen LogP) is 1.81. The van der Waals surface area contributed by atoms with Crippen LogP contribution in [-0.4, -0.2) is 45.2 Å². The second-order valence-corrected chi connectivity index (χ2v) is 4.73. The minimum atomic E-state index is -0.563. The molecule has 1 atom stereocenters. The van der Waals surface area contributed by atoms with Crippen LogP contribution >= 0.6 is 0 Å². The van der Waals surface area contributed by atoms with Gasteiger partial charge in [0.25, 0.3) is 5.91 Å². The van der Waals surface area contributed by atoms with E-state index < -0.39 is 6.04 Å². The van der Waals surface area contributed by atoms with Gasteiger partial charge in [0.05, 0.1) is 11.4 Å². The second-order valence-electron chi connectivity index (χ2n) is 4.73. The third-order valence-electron chi connectivity index (χ3n) is 3.45. The first-order valence-corrected chi connectivity index (χ1v) is 7.68. The molecule has 22 heavy (non-hydrogen) atoms. The predicted molar refractivity (Wildman–Crippen MR) is 90.5 cm³/mol. The maximum Gasteiger partial charge on any atom is 0.315 e. The fraction of sp³-hybridized carbons (Fsp3) is 0.500. The molecule has 6 heteroatoms. The Balaban J connectivity index is 0.00000116. The number of fused-ring (bicyclic) bond motifs is 1. The van der Waals surface area contributed by atoms with Crippen molar-refractivity contribution in [3.63, 3.8) is 0 Å². The van der Waals surface area contributed by atoms with Gasteiger partial charge in [-0.15, -0.1) is 0 Å². The topological polar surface area (TPSA) is 64.7 Å². The van der Waals surface area contributed by atoms with E-state index in [1.54, 1.807) is 4.90 Å². The lowest BCUT2D eigenvalue weighted by molar-refractivity contribution is -0.120. The molecule has 3 amide bonds. The summed E-state index contributed by atoms with van der Waals surface area (Å²) in [6, 6.07) is 6.85. The van der Waals surface area contributed by atoms with Crippen molar-refractivity contribution >= 4 is 23.3 Å². The first-order valence-electron chi connectivity index (χ1n) is 7.68. The minimum Gasteiger partial charge on any atom is -0.370 e. The molecule has 0 spiro atoms. The molecule has 2 rings (SSSR count). The highest BCUT2D eigenvalue weighted by Gasteiger charge is 2.32. The van der Waals surface area contributed by atoms with Crippen LogP contribution in [0.15, 0.2) is 24.3 Å². The molecular formula is C16H26N4O2. The van der Waals surface area contributed by atoms with Crippen molar-refractivity contribution in [1.82, 2.24) is 10.6 Å². The lowest BCUT2D eigenvalue weighted by Crippen LogP contribution is -2.53. The quantitative estimate of drug-likeness (QED) is 0.876. The maximum atomic E-state index is 12.6.